The van der Waals surface area contributed by atoms with Crippen LogP contribution in [-0.2, 0) is 16.4 Å². The minimum Gasteiger partial charge on any atom is -0.355 e. The molecule has 0 fully saturated rings. The minimum atomic E-state index is -4.82. The largest absolute Gasteiger partial charge is 0.417 e. The van der Waals surface area contributed by atoms with E-state index in [4.69, 9.17) is 17.5 Å². The number of amides is 2. The quantitative estimate of drug-likeness (QED) is 0.476. The molecule has 0 saturated heterocycles. The van der Waals surface area contributed by atoms with Gasteiger partial charge in [-0.3, -0.25) is 14.5 Å². The maximum atomic E-state index is 15.0. The van der Waals surface area contributed by atoms with E-state index < -0.39 is 40.3 Å². The van der Waals surface area contributed by atoms with Crippen molar-refractivity contribution in [2.75, 3.05) is 23.4 Å². The third-order valence-electron chi connectivity index (χ3n) is 6.51. The van der Waals surface area contributed by atoms with Crippen LogP contribution in [0.2, 0.25) is 0 Å². The molecule has 2 aromatic rings. The highest BCUT2D eigenvalue weighted by Crippen LogP contribution is 2.46. The van der Waals surface area contributed by atoms with Crippen LogP contribution in [0, 0.1) is 17.1 Å². The molecular formula is C24H20F4N4O2S. The molecule has 0 aromatic heterocycles. The van der Waals surface area contributed by atoms with Crippen LogP contribution in [-0.4, -0.2) is 30.5 Å². The summed E-state index contributed by atoms with van der Waals surface area (Å²) in [5.74, 6) is -1.94. The first-order valence-electron chi connectivity index (χ1n) is 10.7. The van der Waals surface area contributed by atoms with Gasteiger partial charge < -0.3 is 10.2 Å². The number of hydrogen-bond donors (Lipinski definition) is 1. The van der Waals surface area contributed by atoms with E-state index in [1.165, 1.54) is 36.2 Å². The lowest BCUT2D eigenvalue weighted by molar-refractivity contribution is -0.137. The number of rotatable bonds is 2. The molecule has 35 heavy (non-hydrogen) atoms. The number of carbonyl (C=O) groups is 2. The van der Waals surface area contributed by atoms with E-state index >= 15 is 0 Å². The number of benzene rings is 2. The van der Waals surface area contributed by atoms with Gasteiger partial charge in [0, 0.05) is 31.1 Å². The Balaban J connectivity index is 1.91. The van der Waals surface area contributed by atoms with Gasteiger partial charge in [0.1, 0.15) is 5.82 Å². The molecule has 1 atom stereocenters. The Hall–Kier alpha value is -3.52. The number of alkyl halides is 3. The molecule has 11 heteroatoms. The molecule has 0 saturated carbocycles. The van der Waals surface area contributed by atoms with Crippen molar-refractivity contribution in [3.63, 3.8) is 0 Å². The summed E-state index contributed by atoms with van der Waals surface area (Å²) in [6, 6.07) is 7.10. The Kier molecular flexibility index (Phi) is 6.05. The first-order chi connectivity index (χ1) is 16.4. The fraction of sp³-hybridized carbons (Fsp3) is 0.333. The van der Waals surface area contributed by atoms with Crippen LogP contribution in [0.3, 0.4) is 0 Å². The standard InChI is InChI=1S/C24H20F4N4O2S/c1-23-6-3-7-31(19-10-18(25)15(9-17(19)23)21(34)30-2)22(35)32(20(33)11-23)14-5-4-13(12-29)16(8-14)24(26,27)28/h4-5,8-10H,3,6-7,11H2,1-2H3,(H,30,34). The van der Waals surface area contributed by atoms with E-state index in [0.717, 1.165) is 17.0 Å². The van der Waals surface area contributed by atoms with Crippen molar-refractivity contribution in [1.82, 2.24) is 5.32 Å². The fourth-order valence-electron chi connectivity index (χ4n) is 4.74. The number of hydrogen-bond acceptors (Lipinski definition) is 4. The molecule has 2 aliphatic heterocycles. The SMILES string of the molecule is CNC(=O)c1cc2c(cc1F)N1CCCC2(C)CC(=O)N(c2ccc(C#N)c(C(F)(F)F)c2)C1=S. The number of halogens is 4. The van der Waals surface area contributed by atoms with Crippen LogP contribution in [0.25, 0.3) is 0 Å². The summed E-state index contributed by atoms with van der Waals surface area (Å²) in [4.78, 5) is 28.3. The summed E-state index contributed by atoms with van der Waals surface area (Å²) in [6.07, 6.45) is -3.86. The second-order valence-corrected chi connectivity index (χ2v) is 9.14. The number of nitrogens with one attached hydrogen (secondary N) is 1. The van der Waals surface area contributed by atoms with Crippen molar-refractivity contribution in [2.45, 2.75) is 37.8 Å². The van der Waals surface area contributed by atoms with Crippen LogP contribution >= 0.6 is 12.2 Å². The molecule has 2 aliphatic rings. The van der Waals surface area contributed by atoms with Gasteiger partial charge in [-0.1, -0.05) is 6.92 Å². The Morgan fingerprint density at radius 3 is 2.60 bits per heavy atom. The number of thiocarbonyl (C=S) groups is 1. The molecule has 2 amide bonds. The maximum Gasteiger partial charge on any atom is 0.417 e. The zero-order chi connectivity index (χ0) is 25.7. The van der Waals surface area contributed by atoms with Crippen molar-refractivity contribution in [2.24, 2.45) is 0 Å². The van der Waals surface area contributed by atoms with Crippen molar-refractivity contribution in [3.05, 3.63) is 58.4 Å². The highest BCUT2D eigenvalue weighted by atomic mass is 32.1. The first kappa shape index (κ1) is 24.6. The molecule has 2 bridgehead atoms. The van der Waals surface area contributed by atoms with E-state index in [9.17, 15) is 27.2 Å². The van der Waals surface area contributed by atoms with Crippen molar-refractivity contribution in [1.29, 1.82) is 5.26 Å². The highest BCUT2D eigenvalue weighted by Gasteiger charge is 2.43. The highest BCUT2D eigenvalue weighted by molar-refractivity contribution is 7.81. The molecule has 0 spiro atoms. The van der Waals surface area contributed by atoms with Crippen molar-refractivity contribution in [3.8, 4) is 6.07 Å². The lowest BCUT2D eigenvalue weighted by Crippen LogP contribution is -2.49. The second kappa shape index (κ2) is 8.61. The Bertz CT molecular complexity index is 1300. The molecule has 1 N–H and O–H groups in total. The van der Waals surface area contributed by atoms with Crippen molar-refractivity contribution >= 4 is 40.5 Å². The third-order valence-corrected chi connectivity index (χ3v) is 6.91. The summed E-state index contributed by atoms with van der Waals surface area (Å²) in [6.45, 7) is 2.11. The number of nitriles is 1. The number of carbonyl (C=O) groups excluding carboxylic acids is 2. The van der Waals surface area contributed by atoms with Crippen LogP contribution in [0.1, 0.15) is 53.2 Å². The monoisotopic (exact) mass is 504 g/mol. The van der Waals surface area contributed by atoms with Gasteiger partial charge in [-0.25, -0.2) is 4.39 Å². The van der Waals surface area contributed by atoms with Gasteiger partial charge in [-0.05, 0) is 61.0 Å². The molecule has 4 rings (SSSR count). The normalized spacial score (nSPS) is 20.0. The van der Waals surface area contributed by atoms with Crippen LogP contribution in [0.5, 0.6) is 0 Å². The lowest BCUT2D eigenvalue weighted by Gasteiger charge is -2.39. The molecule has 0 aliphatic carbocycles. The van der Waals surface area contributed by atoms with Crippen LogP contribution in [0.15, 0.2) is 30.3 Å². The van der Waals surface area contributed by atoms with Gasteiger partial charge in [0.25, 0.3) is 5.91 Å². The van der Waals surface area contributed by atoms with Crippen molar-refractivity contribution < 1.29 is 27.2 Å². The average Bonchev–Trinajstić information content (AvgIpc) is 2.90. The zero-order valence-corrected chi connectivity index (χ0v) is 19.6. The van der Waals surface area contributed by atoms with Gasteiger partial charge in [0.15, 0.2) is 5.11 Å². The Morgan fingerprint density at radius 1 is 1.26 bits per heavy atom. The first-order valence-corrected chi connectivity index (χ1v) is 11.1. The maximum absolute atomic E-state index is 15.0. The molecular weight excluding hydrogens is 484 g/mol. The fourth-order valence-corrected chi connectivity index (χ4v) is 5.14. The molecule has 6 nitrogen and oxygen atoms in total. The lowest BCUT2D eigenvalue weighted by atomic mass is 9.74. The summed E-state index contributed by atoms with van der Waals surface area (Å²) < 4.78 is 55.8. The average molecular weight is 505 g/mol. The molecule has 2 heterocycles. The van der Waals surface area contributed by atoms with E-state index in [2.05, 4.69) is 5.32 Å². The molecule has 182 valence electrons. The second-order valence-electron chi connectivity index (χ2n) is 8.77. The molecule has 1 unspecified atom stereocenters. The third kappa shape index (κ3) is 4.12. The molecule has 0 radical (unpaired) electrons. The topological polar surface area (TPSA) is 76.4 Å². The predicted octanol–water partition coefficient (Wildman–Crippen LogP) is 4.66. The van der Waals surface area contributed by atoms with Crippen LogP contribution < -0.4 is 15.1 Å². The van der Waals surface area contributed by atoms with E-state index in [1.54, 1.807) is 0 Å². The minimum absolute atomic E-state index is 0.106. The van der Waals surface area contributed by atoms with Crippen LogP contribution in [0.4, 0.5) is 28.9 Å². The summed E-state index contributed by atoms with van der Waals surface area (Å²) in [7, 11) is 1.38. The number of nitrogens with zero attached hydrogens (tertiary/aromatic N) is 3. The van der Waals surface area contributed by atoms with Gasteiger partial charge in [-0.2, -0.15) is 18.4 Å². The smallest absolute Gasteiger partial charge is 0.355 e. The van der Waals surface area contributed by atoms with E-state index in [0.29, 0.717) is 30.6 Å². The Labute approximate surface area is 204 Å². The van der Waals surface area contributed by atoms with E-state index in [1.807, 2.05) is 6.92 Å². The van der Waals surface area contributed by atoms with Gasteiger partial charge in [0.05, 0.1) is 28.4 Å². The predicted molar refractivity (Wildman–Crippen MR) is 125 cm³/mol. The van der Waals surface area contributed by atoms with Gasteiger partial charge in [0.2, 0.25) is 5.91 Å². The number of anilines is 2. The van der Waals surface area contributed by atoms with Gasteiger partial charge >= 0.3 is 6.18 Å². The van der Waals surface area contributed by atoms with Gasteiger partial charge in [-0.15, -0.1) is 0 Å². The van der Waals surface area contributed by atoms with E-state index in [-0.39, 0.29) is 22.8 Å². The summed E-state index contributed by atoms with van der Waals surface area (Å²) >= 11 is 5.58. The Morgan fingerprint density at radius 2 is 1.97 bits per heavy atom. The summed E-state index contributed by atoms with van der Waals surface area (Å²) in [5, 5.41) is 11.4. The zero-order valence-electron chi connectivity index (χ0n) is 18.8. The summed E-state index contributed by atoms with van der Waals surface area (Å²) in [5.41, 5.74) is -1.95. The molecule has 2 aromatic carbocycles.